The molecule has 5 aliphatic rings. The monoisotopic (exact) mass is 2180 g/mol. The van der Waals surface area contributed by atoms with Gasteiger partial charge in [-0.2, -0.15) is 0 Å². The fourth-order valence-electron chi connectivity index (χ4n) is 13.6. The van der Waals surface area contributed by atoms with Crippen molar-refractivity contribution in [3.05, 3.63) is 119 Å². The first-order chi connectivity index (χ1) is 61.1. The minimum absolute atomic E-state index is 0. The zero-order chi connectivity index (χ0) is 92.9. The number of nitrogens with two attached hydrogens (primary N) is 3. The number of anilines is 2. The van der Waals surface area contributed by atoms with Crippen LogP contribution in [-0.4, -0.2) is 229 Å². The Morgan fingerprint density at radius 2 is 0.939 bits per heavy atom. The quantitative estimate of drug-likeness (QED) is 0.00514. The van der Waals surface area contributed by atoms with Gasteiger partial charge in [-0.05, 0) is 312 Å². The Kier molecular flexibility index (Phi) is 61.9. The number of hydrogen-bond donors (Lipinski definition) is 15. The fourth-order valence-corrected chi connectivity index (χ4v) is 14.7. The summed E-state index contributed by atoms with van der Waals surface area (Å²) in [5.74, 6) is 0.345. The summed E-state index contributed by atoms with van der Waals surface area (Å²) in [6.45, 7) is 9.94. The number of nitrogens with zero attached hydrogens (tertiary/aromatic N) is 20. The summed E-state index contributed by atoms with van der Waals surface area (Å²) in [7, 11) is 0. The average Bonchev–Trinajstić information content (AvgIpc) is 1.64. The van der Waals surface area contributed by atoms with E-state index < -0.39 is 17.4 Å². The number of alkyl halides is 1. The number of aliphatic hydroxyl groups excluding tert-OH is 5. The second-order valence-corrected chi connectivity index (χ2v) is 31.2. The Bertz CT molecular complexity index is 4840. The predicted octanol–water partition coefficient (Wildman–Crippen LogP) is -0.0870. The van der Waals surface area contributed by atoms with Crippen molar-refractivity contribution in [2.75, 3.05) is 36.0 Å². The van der Waals surface area contributed by atoms with Gasteiger partial charge in [0.05, 0.1) is 56.9 Å². The molecule has 0 spiro atoms. The summed E-state index contributed by atoms with van der Waals surface area (Å²) in [6, 6.07) is 8.40. The van der Waals surface area contributed by atoms with E-state index in [0.717, 1.165) is 116 Å². The molecule has 0 atom stereocenters. The third-order valence-electron chi connectivity index (χ3n) is 20.5. The molecule has 7 aromatic heterocycles. The minimum Gasteiger partial charge on any atom is -1.00 e. The fraction of sp³-hybridized carbons (Fsp3) is 0.568. The number of hydrogen-bond acceptors (Lipinski definition) is 43. The van der Waals surface area contributed by atoms with Crippen molar-refractivity contribution in [3.8, 4) is 17.2 Å². The Labute approximate surface area is 879 Å². The molecule has 5 saturated carbocycles. The van der Waals surface area contributed by atoms with Gasteiger partial charge in [-0.25, -0.2) is 50.9 Å². The number of carbonyl (C=O) groups excluding carboxylic acids is 1. The Balaban J connectivity index is 0.00000154. The third-order valence-corrected chi connectivity index (χ3v) is 22.2. The molecule has 0 amide bonds. The van der Waals surface area contributed by atoms with Crippen molar-refractivity contribution in [3.63, 3.8) is 0 Å². The zero-order valence-electron chi connectivity index (χ0n) is 73.8. The molecule has 131 heavy (non-hydrogen) atoms. The van der Waals surface area contributed by atoms with Crippen LogP contribution >= 0.6 is 77.7 Å². The van der Waals surface area contributed by atoms with Crippen molar-refractivity contribution in [2.45, 2.75) is 219 Å². The van der Waals surface area contributed by atoms with Gasteiger partial charge in [0.25, 0.3) is 6.47 Å². The summed E-state index contributed by atoms with van der Waals surface area (Å²) in [5.41, 5.74) is 24.7. The van der Waals surface area contributed by atoms with Crippen molar-refractivity contribution < 1.29 is 226 Å². The van der Waals surface area contributed by atoms with E-state index in [4.69, 9.17) is 86.4 Å². The average molecular weight is 2180 g/mol. The molecule has 7 heterocycles. The summed E-state index contributed by atoms with van der Waals surface area (Å²) in [6.07, 6.45) is 18.1. The van der Waals surface area contributed by atoms with Crippen LogP contribution in [0.3, 0.4) is 0 Å². The maximum atomic E-state index is 13.5. The molecule has 0 saturated heterocycles. The number of aromatic nitrogens is 14. The van der Waals surface area contributed by atoms with Gasteiger partial charge in [0.15, 0.2) is 68.5 Å². The number of hydroxylamine groups is 2. The smallest absolute Gasteiger partial charge is 1.00 e. The maximum Gasteiger partial charge on any atom is 1.00 e. The molecule has 14 rings (SSSR count). The van der Waals surface area contributed by atoms with Gasteiger partial charge < -0.3 is 80.3 Å². The van der Waals surface area contributed by atoms with Crippen LogP contribution in [0.2, 0.25) is 0 Å². The summed E-state index contributed by atoms with van der Waals surface area (Å²) in [5, 5.41) is 155. The Hall–Kier alpha value is -6.19. The number of carbonyl (C=O) groups is 1. The first-order valence-corrected chi connectivity index (χ1v) is 43.3. The topological polar surface area (TPSA) is 730 Å². The van der Waals surface area contributed by atoms with Crippen LogP contribution in [0.1, 0.15) is 211 Å². The third kappa shape index (κ3) is 40.9. The number of aliphatic hydroxyl groups is 5. The number of nitrogen functional groups attached to an aromatic ring is 2. The summed E-state index contributed by atoms with van der Waals surface area (Å²) >= 11 is 19.1. The number of amidine groups is 3. The molecular formula is C74H107Br2Cl2F2IKN25Na2O22. The van der Waals surface area contributed by atoms with Crippen LogP contribution in [0.25, 0.3) is 17.2 Å². The van der Waals surface area contributed by atoms with E-state index in [-0.39, 0.29) is 234 Å². The molecule has 5 aliphatic carbocycles. The van der Waals surface area contributed by atoms with E-state index >= 15 is 0 Å². The van der Waals surface area contributed by atoms with Gasteiger partial charge in [-0.15, -0.1) is 0 Å². The SMILES string of the molecule is C.CCN(CC)CC.NC(=NO)c1nonc1CC1CCC(O)CC1.Nc1nonc1C(=NC1CCC(O)CC1)NO.Nc1nonc1C(Cl)=NO.O=CO[O-].O=c1onc(-c2nonc2CC2CCC(O)CC2)n1-c1ccc(F)c(Br)c1.ON=C(Cl)c1nonc1CC1CCC(O)CC1.ONC(=Nc1ccc(F)c(Br)c1)c1nonc1CC1CCC(O)CC1.[2H]CI.[H-].[K+].[Na+].[Na+].[OH-]. The second kappa shape index (κ2) is 67.1. The van der Waals surface area contributed by atoms with Gasteiger partial charge in [-0.3, -0.25) is 35.7 Å². The largest absolute Gasteiger partial charge is 1.00 e. The summed E-state index contributed by atoms with van der Waals surface area (Å²) in [4.78, 5) is 34.8. The standard InChI is InChI=1S/C17H16BrFN4O4.C16H18BrFN4O3.C10H14ClN3O3.C10H16N4O3.C9H15N5O3.C6H15N.C3H3ClN4O2.CH3I.CH2O3.CH4.K.2Na.H2O.H/c18-12-8-10(3-6-13(12)19)23-16(22-26-17(23)25)15-14(20-27-21-15)7-9-1-4-11(24)5-2-9;17-12-8-10(3-6-13(12)18)19-16(20-24)15-14(21-25-22-15)7-9-1-4-11(23)5-2-9;2*11-10(12-16)9-8(13-17-14-9)5-6-1-3-7(15)4-2-6;10-8-7(13-17-14-8)9(12-16)11-5-1-3-6(15)4-2-5;1-4-7(5-2)6-3;4-2(6-9)1-3(5)8-10-7-1;1-2;2-1-4-3;;;;;;/h3,6,8-9,11,24H,1-2,4-5,7H2;3,6,8-9,11,23-24H,1-2,4-5,7H2,(H,19,20);6-7,15-16H,1-5H2;6-7,15-16H,1-5H2,(H2,11,12);5-6,15-16H,1-4H2,(H2,10,14)(H,11,12);4-6H2,1-3H3;9H,(H2,5,8);1H3;1,3H;1H4;;;;1H2;/q;;;;;;;;;;3*+1;;-1/p-2/i;;;;;;;1D;;;;;;;. The van der Waals surface area contributed by atoms with E-state index in [1.165, 1.54) is 60.6 Å². The number of halogens is 7. The predicted molar refractivity (Wildman–Crippen MR) is 466 cm³/mol. The normalized spacial score (nSPS) is 20.1. The molecule has 57 heteroatoms. The van der Waals surface area contributed by atoms with Crippen LogP contribution in [0.4, 0.5) is 26.1 Å². The Morgan fingerprint density at radius 1 is 0.580 bits per heavy atom. The van der Waals surface area contributed by atoms with E-state index in [2.05, 4.69) is 173 Å². The number of benzene rings is 2. The van der Waals surface area contributed by atoms with E-state index in [0.29, 0.717) is 124 Å². The van der Waals surface area contributed by atoms with E-state index in [1.54, 1.807) is 0 Å². The molecule has 0 bridgehead atoms. The molecule has 712 valence electrons. The molecule has 47 nitrogen and oxygen atoms in total. The number of aliphatic imine (C=N–C) groups is 2. The van der Waals surface area contributed by atoms with Gasteiger partial charge in [0.2, 0.25) is 11.0 Å². The van der Waals surface area contributed by atoms with Gasteiger partial charge in [-0.1, -0.05) is 115 Å². The molecular weight excluding hydrogens is 2070 g/mol. The minimum atomic E-state index is -0.724. The molecule has 9 aromatic rings. The number of rotatable bonds is 21. The molecule has 0 radical (unpaired) electrons. The van der Waals surface area contributed by atoms with Crippen molar-refractivity contribution in [1.29, 1.82) is 0 Å². The molecule has 5 fully saturated rings. The van der Waals surface area contributed by atoms with Crippen LogP contribution in [-0.2, 0) is 35.4 Å². The first kappa shape index (κ1) is 121. The van der Waals surface area contributed by atoms with E-state index in [9.17, 15) is 44.3 Å². The zero-order valence-corrected chi connectivity index (χ0v) is 85.8. The first-order valence-electron chi connectivity index (χ1n) is 40.2. The van der Waals surface area contributed by atoms with Crippen LogP contribution in [0.5, 0.6) is 0 Å². The van der Waals surface area contributed by atoms with E-state index in [1.807, 2.05) is 33.6 Å². The van der Waals surface area contributed by atoms with Crippen molar-refractivity contribution >= 4 is 129 Å². The molecule has 0 unspecified atom stereocenters. The van der Waals surface area contributed by atoms with Crippen LogP contribution in [0.15, 0.2) is 108 Å². The van der Waals surface area contributed by atoms with Gasteiger partial charge in [0, 0.05) is 1.37 Å². The second-order valence-electron chi connectivity index (χ2n) is 28.8. The number of nitrogens with one attached hydrogen (secondary N) is 2. The Morgan fingerprint density at radius 3 is 1.33 bits per heavy atom. The summed E-state index contributed by atoms with van der Waals surface area (Å²) < 4.78 is 67.1. The maximum absolute atomic E-state index is 13.5. The molecule has 19 N–H and O–H groups in total. The van der Waals surface area contributed by atoms with Crippen molar-refractivity contribution in [2.24, 2.45) is 54.9 Å². The molecule has 2 aromatic carbocycles. The molecule has 0 aliphatic heterocycles. The van der Waals surface area contributed by atoms with Gasteiger partial charge in [0.1, 0.15) is 34.4 Å². The van der Waals surface area contributed by atoms with Gasteiger partial charge >= 0.3 is 116 Å². The van der Waals surface area contributed by atoms with Crippen LogP contribution < -0.4 is 150 Å². The number of oxime groups is 3. The van der Waals surface area contributed by atoms with Crippen LogP contribution in [0, 0.1) is 35.3 Å². The van der Waals surface area contributed by atoms with Crippen molar-refractivity contribution in [1.82, 2.24) is 87.5 Å².